The summed E-state index contributed by atoms with van der Waals surface area (Å²) in [5, 5.41) is 9.17. The zero-order valence-electron chi connectivity index (χ0n) is 16.3. The Hall–Kier alpha value is -2.44. The summed E-state index contributed by atoms with van der Waals surface area (Å²) in [6.07, 6.45) is 1.26. The van der Waals surface area contributed by atoms with E-state index in [-0.39, 0.29) is 0 Å². The quantitative estimate of drug-likeness (QED) is 0.356. The number of hydrogen-bond donors (Lipinski definition) is 3. The van der Waals surface area contributed by atoms with Crippen molar-refractivity contribution in [3.63, 3.8) is 0 Å². The lowest BCUT2D eigenvalue weighted by Gasteiger charge is -2.19. The fourth-order valence-corrected chi connectivity index (χ4v) is 2.01. The SMILES string of the molecule is CN=C(NCCCNC(=O)OC(C)(C)C)NCCCOc1ccccc1. The molecule has 0 saturated heterocycles. The molecule has 3 N–H and O–H groups in total. The van der Waals surface area contributed by atoms with Crippen LogP contribution in [-0.2, 0) is 4.74 Å². The fourth-order valence-electron chi connectivity index (χ4n) is 2.01. The third kappa shape index (κ3) is 11.2. The number of amides is 1. The lowest BCUT2D eigenvalue weighted by atomic mass is 10.2. The Bertz CT molecular complexity index is 541. The molecular weight excluding hydrogens is 332 g/mol. The fraction of sp³-hybridized carbons (Fsp3) is 0.579. The van der Waals surface area contributed by atoms with Crippen molar-refractivity contribution in [2.45, 2.75) is 39.2 Å². The van der Waals surface area contributed by atoms with Crippen LogP contribution in [0, 0.1) is 0 Å². The molecule has 1 aromatic rings. The summed E-state index contributed by atoms with van der Waals surface area (Å²) in [6, 6.07) is 9.76. The van der Waals surface area contributed by atoms with Gasteiger partial charge in [-0.2, -0.15) is 0 Å². The van der Waals surface area contributed by atoms with Gasteiger partial charge >= 0.3 is 6.09 Å². The molecule has 0 aliphatic rings. The van der Waals surface area contributed by atoms with Crippen molar-refractivity contribution in [2.75, 3.05) is 33.3 Å². The maximum Gasteiger partial charge on any atom is 0.407 e. The number of hydrogen-bond acceptors (Lipinski definition) is 4. The van der Waals surface area contributed by atoms with Crippen LogP contribution in [0.5, 0.6) is 5.75 Å². The van der Waals surface area contributed by atoms with Gasteiger partial charge in [-0.15, -0.1) is 0 Å². The van der Waals surface area contributed by atoms with Crippen LogP contribution >= 0.6 is 0 Å². The van der Waals surface area contributed by atoms with Gasteiger partial charge in [-0.05, 0) is 45.7 Å². The van der Waals surface area contributed by atoms with E-state index in [0.29, 0.717) is 19.7 Å². The van der Waals surface area contributed by atoms with Crippen molar-refractivity contribution in [1.29, 1.82) is 0 Å². The van der Waals surface area contributed by atoms with Crippen molar-refractivity contribution in [1.82, 2.24) is 16.0 Å². The molecule has 7 heteroatoms. The number of carbonyl (C=O) groups is 1. The van der Waals surface area contributed by atoms with E-state index >= 15 is 0 Å². The first-order valence-electron chi connectivity index (χ1n) is 9.00. The van der Waals surface area contributed by atoms with Gasteiger partial charge in [-0.3, -0.25) is 4.99 Å². The van der Waals surface area contributed by atoms with Crippen LogP contribution in [0.1, 0.15) is 33.6 Å². The highest BCUT2D eigenvalue weighted by Gasteiger charge is 2.15. The highest BCUT2D eigenvalue weighted by molar-refractivity contribution is 5.79. The number of nitrogens with one attached hydrogen (secondary N) is 3. The molecule has 7 nitrogen and oxygen atoms in total. The molecule has 0 unspecified atom stereocenters. The molecule has 0 spiro atoms. The Morgan fingerprint density at radius 3 is 2.23 bits per heavy atom. The number of benzene rings is 1. The first kappa shape index (κ1) is 21.6. The van der Waals surface area contributed by atoms with Crippen LogP contribution in [0.15, 0.2) is 35.3 Å². The molecule has 1 amide bonds. The number of carbonyl (C=O) groups excluding carboxylic acids is 1. The van der Waals surface area contributed by atoms with Gasteiger partial charge in [0.2, 0.25) is 0 Å². The van der Waals surface area contributed by atoms with Crippen molar-refractivity contribution >= 4 is 12.1 Å². The van der Waals surface area contributed by atoms with Gasteiger partial charge in [0.15, 0.2) is 5.96 Å². The average Bonchev–Trinajstić information content (AvgIpc) is 2.58. The second-order valence-electron chi connectivity index (χ2n) is 6.72. The van der Waals surface area contributed by atoms with Gasteiger partial charge in [0.05, 0.1) is 6.61 Å². The van der Waals surface area contributed by atoms with Crippen molar-refractivity contribution in [2.24, 2.45) is 4.99 Å². The summed E-state index contributed by atoms with van der Waals surface area (Å²) in [6.45, 7) is 8.19. The zero-order valence-corrected chi connectivity index (χ0v) is 16.3. The minimum Gasteiger partial charge on any atom is -0.494 e. The van der Waals surface area contributed by atoms with Gasteiger partial charge in [0.1, 0.15) is 11.4 Å². The van der Waals surface area contributed by atoms with Crippen LogP contribution in [0.3, 0.4) is 0 Å². The molecule has 0 bridgehead atoms. The van der Waals surface area contributed by atoms with Crippen molar-refractivity contribution in [3.05, 3.63) is 30.3 Å². The van der Waals surface area contributed by atoms with Gasteiger partial charge in [0.25, 0.3) is 0 Å². The first-order valence-corrected chi connectivity index (χ1v) is 9.00. The largest absolute Gasteiger partial charge is 0.494 e. The topological polar surface area (TPSA) is 84.0 Å². The summed E-state index contributed by atoms with van der Waals surface area (Å²) < 4.78 is 10.8. The Morgan fingerprint density at radius 2 is 1.62 bits per heavy atom. The smallest absolute Gasteiger partial charge is 0.407 e. The van der Waals surface area contributed by atoms with Gasteiger partial charge in [-0.1, -0.05) is 18.2 Å². The van der Waals surface area contributed by atoms with Crippen molar-refractivity contribution < 1.29 is 14.3 Å². The summed E-state index contributed by atoms with van der Waals surface area (Å²) in [5.41, 5.74) is -0.474. The predicted molar refractivity (Wildman–Crippen MR) is 105 cm³/mol. The van der Waals surface area contributed by atoms with Gasteiger partial charge < -0.3 is 25.4 Å². The summed E-state index contributed by atoms with van der Waals surface area (Å²) in [7, 11) is 1.73. The number of para-hydroxylation sites is 1. The Labute approximate surface area is 156 Å². The van der Waals surface area contributed by atoms with Gasteiger partial charge in [0, 0.05) is 26.7 Å². The molecule has 0 radical (unpaired) electrons. The zero-order chi connectivity index (χ0) is 19.3. The predicted octanol–water partition coefficient (Wildman–Crippen LogP) is 2.54. The molecule has 0 aliphatic heterocycles. The maximum absolute atomic E-state index is 11.5. The van der Waals surface area contributed by atoms with E-state index in [0.717, 1.165) is 31.1 Å². The molecule has 0 heterocycles. The van der Waals surface area contributed by atoms with Gasteiger partial charge in [-0.25, -0.2) is 4.79 Å². The normalized spacial score (nSPS) is 11.6. The summed E-state index contributed by atoms with van der Waals surface area (Å²) >= 11 is 0. The second kappa shape index (κ2) is 12.0. The Balaban J connectivity index is 2.04. The van der Waals surface area contributed by atoms with Crippen molar-refractivity contribution in [3.8, 4) is 5.75 Å². The highest BCUT2D eigenvalue weighted by atomic mass is 16.6. The van der Waals surface area contributed by atoms with Crippen LogP contribution in [-0.4, -0.2) is 50.9 Å². The number of guanidine groups is 1. The minimum atomic E-state index is -0.474. The van der Waals surface area contributed by atoms with E-state index in [2.05, 4.69) is 20.9 Å². The van der Waals surface area contributed by atoms with E-state index < -0.39 is 11.7 Å². The Kier molecular flexibility index (Phi) is 9.97. The van der Waals surface area contributed by atoms with Crippen LogP contribution in [0.2, 0.25) is 0 Å². The highest BCUT2D eigenvalue weighted by Crippen LogP contribution is 2.08. The molecule has 0 atom stereocenters. The average molecular weight is 364 g/mol. The van der Waals surface area contributed by atoms with E-state index in [1.54, 1.807) is 7.05 Å². The number of alkyl carbamates (subject to hydrolysis) is 1. The van der Waals surface area contributed by atoms with E-state index in [9.17, 15) is 4.79 Å². The number of rotatable bonds is 9. The lowest BCUT2D eigenvalue weighted by molar-refractivity contribution is 0.0527. The standard InChI is InChI=1S/C19H32N4O3/c1-19(2,3)26-18(24)23-13-8-12-21-17(20-4)22-14-9-15-25-16-10-6-5-7-11-16/h5-7,10-11H,8-9,12-15H2,1-4H3,(H,23,24)(H2,20,21,22). The lowest BCUT2D eigenvalue weighted by Crippen LogP contribution is -2.39. The monoisotopic (exact) mass is 364 g/mol. The number of nitrogens with zero attached hydrogens (tertiary/aromatic N) is 1. The Morgan fingerprint density at radius 1 is 1.00 bits per heavy atom. The summed E-state index contributed by atoms with van der Waals surface area (Å²) in [4.78, 5) is 15.7. The van der Waals surface area contributed by atoms with Crippen LogP contribution < -0.4 is 20.7 Å². The van der Waals surface area contributed by atoms with E-state index in [1.807, 2.05) is 51.1 Å². The minimum absolute atomic E-state index is 0.390. The third-order valence-electron chi connectivity index (χ3n) is 3.16. The number of aliphatic imine (C=N–C) groups is 1. The van der Waals surface area contributed by atoms with Crippen LogP contribution in [0.4, 0.5) is 4.79 Å². The molecule has 0 saturated carbocycles. The van der Waals surface area contributed by atoms with Crippen LogP contribution in [0.25, 0.3) is 0 Å². The molecule has 1 aromatic carbocycles. The molecular formula is C19H32N4O3. The van der Waals surface area contributed by atoms with E-state index in [4.69, 9.17) is 9.47 Å². The molecule has 0 aromatic heterocycles. The molecule has 146 valence electrons. The first-order chi connectivity index (χ1) is 12.4. The molecule has 1 rings (SSSR count). The summed E-state index contributed by atoms with van der Waals surface area (Å²) in [5.74, 6) is 1.62. The molecule has 0 aliphatic carbocycles. The number of ether oxygens (including phenoxy) is 2. The second-order valence-corrected chi connectivity index (χ2v) is 6.72. The third-order valence-corrected chi connectivity index (χ3v) is 3.16. The molecule has 26 heavy (non-hydrogen) atoms. The molecule has 0 fully saturated rings. The van der Waals surface area contributed by atoms with E-state index in [1.165, 1.54) is 0 Å². The maximum atomic E-state index is 11.5.